The monoisotopic (exact) mass is 278 g/mol. The van der Waals surface area contributed by atoms with Gasteiger partial charge in [-0.15, -0.1) is 11.3 Å². The molecule has 0 saturated carbocycles. The maximum Gasteiger partial charge on any atom is 0.226 e. The Morgan fingerprint density at radius 2 is 1.95 bits per heavy atom. The molecule has 19 heavy (non-hydrogen) atoms. The Balaban J connectivity index is 2.12. The summed E-state index contributed by atoms with van der Waals surface area (Å²) >= 11 is 1.66. The first-order valence-electron chi connectivity index (χ1n) is 7.08. The zero-order valence-electron chi connectivity index (χ0n) is 11.7. The number of fused-ring (bicyclic) bond motifs is 1. The molecular formula is C14H22N4S. The molecule has 0 fully saturated rings. The van der Waals surface area contributed by atoms with Gasteiger partial charge in [-0.1, -0.05) is 26.7 Å². The topological polar surface area (TPSA) is 49.8 Å². The van der Waals surface area contributed by atoms with Crippen molar-refractivity contribution in [2.75, 3.05) is 23.7 Å². The minimum Gasteiger partial charge on any atom is -0.369 e. The third kappa shape index (κ3) is 3.80. The highest BCUT2D eigenvalue weighted by atomic mass is 32.1. The number of unbranched alkanes of at least 4 members (excludes halogenated alkanes) is 2. The molecule has 5 heteroatoms. The van der Waals surface area contributed by atoms with Crippen molar-refractivity contribution in [3.05, 3.63) is 11.4 Å². The Bertz CT molecular complexity index is 509. The number of nitrogens with one attached hydrogen (secondary N) is 2. The van der Waals surface area contributed by atoms with Crippen LogP contribution in [0.3, 0.4) is 0 Å². The van der Waals surface area contributed by atoms with Gasteiger partial charge in [0.15, 0.2) is 0 Å². The first-order valence-corrected chi connectivity index (χ1v) is 7.96. The lowest BCUT2D eigenvalue weighted by Gasteiger charge is -2.09. The predicted molar refractivity (Wildman–Crippen MR) is 84.2 cm³/mol. The molecular weight excluding hydrogens is 256 g/mol. The van der Waals surface area contributed by atoms with Gasteiger partial charge in [-0.05, 0) is 24.3 Å². The van der Waals surface area contributed by atoms with Gasteiger partial charge in [0.2, 0.25) is 5.95 Å². The van der Waals surface area contributed by atoms with Crippen LogP contribution in [0.15, 0.2) is 11.4 Å². The summed E-state index contributed by atoms with van der Waals surface area (Å²) in [5.74, 6) is 1.69. The summed E-state index contributed by atoms with van der Waals surface area (Å²) in [7, 11) is 0. The summed E-state index contributed by atoms with van der Waals surface area (Å²) in [5.41, 5.74) is 0. The van der Waals surface area contributed by atoms with Crippen molar-refractivity contribution in [3.8, 4) is 0 Å². The first kappa shape index (κ1) is 14.1. The van der Waals surface area contributed by atoms with E-state index in [0.717, 1.165) is 41.5 Å². The highest BCUT2D eigenvalue weighted by molar-refractivity contribution is 7.16. The van der Waals surface area contributed by atoms with E-state index in [0.29, 0.717) is 0 Å². The van der Waals surface area contributed by atoms with Crippen LogP contribution in [0.1, 0.15) is 39.5 Å². The van der Waals surface area contributed by atoms with Crippen LogP contribution in [0.25, 0.3) is 10.2 Å². The number of hydrogen-bond donors (Lipinski definition) is 2. The minimum absolute atomic E-state index is 0.731. The van der Waals surface area contributed by atoms with Gasteiger partial charge in [-0.3, -0.25) is 0 Å². The number of hydrogen-bond acceptors (Lipinski definition) is 5. The zero-order valence-corrected chi connectivity index (χ0v) is 12.5. The van der Waals surface area contributed by atoms with Crippen LogP contribution in [0.4, 0.5) is 11.8 Å². The second kappa shape index (κ2) is 7.28. The number of nitrogens with zero attached hydrogens (tertiary/aromatic N) is 2. The normalized spacial score (nSPS) is 10.8. The van der Waals surface area contributed by atoms with Gasteiger partial charge in [-0.2, -0.15) is 4.98 Å². The molecule has 0 amide bonds. The van der Waals surface area contributed by atoms with E-state index in [4.69, 9.17) is 0 Å². The Labute approximate surface area is 118 Å². The average molecular weight is 278 g/mol. The molecule has 104 valence electrons. The van der Waals surface area contributed by atoms with Crippen molar-refractivity contribution >= 4 is 33.3 Å². The maximum atomic E-state index is 4.58. The fraction of sp³-hybridized carbons (Fsp3) is 0.571. The Morgan fingerprint density at radius 1 is 1.05 bits per heavy atom. The van der Waals surface area contributed by atoms with Crippen molar-refractivity contribution in [1.29, 1.82) is 0 Å². The van der Waals surface area contributed by atoms with Gasteiger partial charge in [0, 0.05) is 13.1 Å². The SMILES string of the molecule is CCCCCNc1nc(NCCC)nc2sccc12. The lowest BCUT2D eigenvalue weighted by Crippen LogP contribution is -2.08. The quantitative estimate of drug-likeness (QED) is 0.713. The van der Waals surface area contributed by atoms with E-state index in [1.165, 1.54) is 19.3 Å². The van der Waals surface area contributed by atoms with E-state index in [2.05, 4.69) is 45.9 Å². The number of aromatic nitrogens is 2. The molecule has 2 N–H and O–H groups in total. The molecule has 0 aliphatic heterocycles. The molecule has 0 bridgehead atoms. The van der Waals surface area contributed by atoms with Crippen molar-refractivity contribution in [2.45, 2.75) is 39.5 Å². The van der Waals surface area contributed by atoms with Gasteiger partial charge in [-0.25, -0.2) is 4.98 Å². The third-order valence-corrected chi connectivity index (χ3v) is 3.74. The van der Waals surface area contributed by atoms with E-state index in [1.807, 2.05) is 0 Å². The van der Waals surface area contributed by atoms with E-state index < -0.39 is 0 Å². The smallest absolute Gasteiger partial charge is 0.226 e. The van der Waals surface area contributed by atoms with Crippen LogP contribution < -0.4 is 10.6 Å². The Hall–Kier alpha value is -1.36. The Morgan fingerprint density at radius 3 is 2.74 bits per heavy atom. The van der Waals surface area contributed by atoms with Gasteiger partial charge in [0.25, 0.3) is 0 Å². The molecule has 0 saturated heterocycles. The summed E-state index contributed by atoms with van der Waals surface area (Å²) < 4.78 is 0. The van der Waals surface area contributed by atoms with Crippen molar-refractivity contribution < 1.29 is 0 Å². The van der Waals surface area contributed by atoms with Crippen LogP contribution in [-0.2, 0) is 0 Å². The number of rotatable bonds is 8. The highest BCUT2D eigenvalue weighted by Crippen LogP contribution is 2.26. The second-order valence-electron chi connectivity index (χ2n) is 4.60. The maximum absolute atomic E-state index is 4.58. The van der Waals surface area contributed by atoms with E-state index >= 15 is 0 Å². The summed E-state index contributed by atoms with van der Waals surface area (Å²) in [5, 5.41) is 9.90. The molecule has 4 nitrogen and oxygen atoms in total. The summed E-state index contributed by atoms with van der Waals surface area (Å²) in [6, 6.07) is 2.09. The van der Waals surface area contributed by atoms with E-state index in [1.54, 1.807) is 11.3 Å². The van der Waals surface area contributed by atoms with Crippen molar-refractivity contribution in [1.82, 2.24) is 9.97 Å². The average Bonchev–Trinajstić information content (AvgIpc) is 2.89. The molecule has 2 aromatic heterocycles. The van der Waals surface area contributed by atoms with Crippen molar-refractivity contribution in [3.63, 3.8) is 0 Å². The van der Waals surface area contributed by atoms with Crippen LogP contribution in [-0.4, -0.2) is 23.1 Å². The Kier molecular flexibility index (Phi) is 5.39. The van der Waals surface area contributed by atoms with Crippen LogP contribution >= 0.6 is 11.3 Å². The third-order valence-electron chi connectivity index (χ3n) is 2.93. The lowest BCUT2D eigenvalue weighted by atomic mass is 10.2. The molecule has 2 aromatic rings. The molecule has 0 atom stereocenters. The second-order valence-corrected chi connectivity index (χ2v) is 5.49. The van der Waals surface area contributed by atoms with Gasteiger partial charge >= 0.3 is 0 Å². The molecule has 0 aromatic carbocycles. The van der Waals surface area contributed by atoms with Crippen LogP contribution in [0, 0.1) is 0 Å². The standard InChI is InChI=1S/C14H22N4S/c1-3-5-6-9-15-12-11-7-10-19-13(11)18-14(17-12)16-8-4-2/h7,10H,3-6,8-9H2,1-2H3,(H2,15,16,17,18). The predicted octanol–water partition coefficient (Wildman–Crippen LogP) is 4.12. The molecule has 0 unspecified atom stereocenters. The fourth-order valence-corrected chi connectivity index (χ4v) is 2.65. The molecule has 2 heterocycles. The van der Waals surface area contributed by atoms with Gasteiger partial charge in [0.05, 0.1) is 5.39 Å². The largest absolute Gasteiger partial charge is 0.369 e. The molecule has 0 radical (unpaired) electrons. The molecule has 0 aliphatic rings. The lowest BCUT2D eigenvalue weighted by molar-refractivity contribution is 0.742. The molecule has 2 rings (SSSR count). The fourth-order valence-electron chi connectivity index (χ4n) is 1.89. The number of anilines is 2. The zero-order chi connectivity index (χ0) is 13.5. The van der Waals surface area contributed by atoms with Crippen molar-refractivity contribution in [2.24, 2.45) is 0 Å². The van der Waals surface area contributed by atoms with E-state index in [9.17, 15) is 0 Å². The van der Waals surface area contributed by atoms with Gasteiger partial charge < -0.3 is 10.6 Å². The summed E-state index contributed by atoms with van der Waals surface area (Å²) in [6.45, 7) is 6.24. The first-order chi connectivity index (χ1) is 9.35. The van der Waals surface area contributed by atoms with Gasteiger partial charge in [0.1, 0.15) is 10.6 Å². The molecule has 0 spiro atoms. The minimum atomic E-state index is 0.731. The number of thiophene rings is 1. The highest BCUT2D eigenvalue weighted by Gasteiger charge is 2.08. The summed E-state index contributed by atoms with van der Waals surface area (Å²) in [6.07, 6.45) is 4.75. The molecule has 0 aliphatic carbocycles. The van der Waals surface area contributed by atoms with Crippen LogP contribution in [0.2, 0.25) is 0 Å². The van der Waals surface area contributed by atoms with Crippen LogP contribution in [0.5, 0.6) is 0 Å². The van der Waals surface area contributed by atoms with E-state index in [-0.39, 0.29) is 0 Å². The summed E-state index contributed by atoms with van der Waals surface area (Å²) in [4.78, 5) is 10.2.